The summed E-state index contributed by atoms with van der Waals surface area (Å²) in [5.74, 6) is 0.518. The predicted octanol–water partition coefficient (Wildman–Crippen LogP) is 2.09. The van der Waals surface area contributed by atoms with Gasteiger partial charge in [0.15, 0.2) is 0 Å². The van der Waals surface area contributed by atoms with Gasteiger partial charge in [-0.25, -0.2) is 0 Å². The minimum Gasteiger partial charge on any atom is -0.396 e. The van der Waals surface area contributed by atoms with Crippen molar-refractivity contribution in [2.24, 2.45) is 11.3 Å². The van der Waals surface area contributed by atoms with Crippen LogP contribution >= 0.6 is 0 Å². The van der Waals surface area contributed by atoms with Gasteiger partial charge in [-0.05, 0) is 18.8 Å². The monoisotopic (exact) mass is 227 g/mol. The number of amides is 1. The van der Waals surface area contributed by atoms with Crippen molar-refractivity contribution in [1.82, 2.24) is 5.32 Å². The van der Waals surface area contributed by atoms with Crippen LogP contribution in [0.25, 0.3) is 0 Å². The van der Waals surface area contributed by atoms with Gasteiger partial charge in [0.25, 0.3) is 0 Å². The molecule has 0 aromatic rings. The lowest BCUT2D eigenvalue weighted by molar-refractivity contribution is -0.122. The number of nitrogens with one attached hydrogen (secondary N) is 1. The number of aliphatic hydroxyl groups excluding tert-OH is 1. The lowest BCUT2D eigenvalue weighted by Crippen LogP contribution is -2.41. The van der Waals surface area contributed by atoms with Crippen molar-refractivity contribution in [1.29, 1.82) is 0 Å². The number of aliphatic hydroxyl groups is 1. The van der Waals surface area contributed by atoms with Crippen molar-refractivity contribution < 1.29 is 9.90 Å². The second-order valence-electron chi connectivity index (χ2n) is 5.59. The van der Waals surface area contributed by atoms with Crippen molar-refractivity contribution in [3.8, 4) is 0 Å². The number of hydrogen-bond acceptors (Lipinski definition) is 2. The Morgan fingerprint density at radius 2 is 1.94 bits per heavy atom. The summed E-state index contributed by atoms with van der Waals surface area (Å²) in [6.45, 7) is 4.94. The standard InChI is InChI=1S/C13H25NO2/c1-11(2)8-12(16)14-9-13(10-15)6-4-3-5-7-13/h11,15H,3-10H2,1-2H3,(H,14,16). The van der Waals surface area contributed by atoms with E-state index >= 15 is 0 Å². The molecule has 2 N–H and O–H groups in total. The van der Waals surface area contributed by atoms with Crippen LogP contribution < -0.4 is 5.32 Å². The van der Waals surface area contributed by atoms with Crippen LogP contribution in [-0.2, 0) is 4.79 Å². The van der Waals surface area contributed by atoms with Gasteiger partial charge >= 0.3 is 0 Å². The van der Waals surface area contributed by atoms with E-state index in [4.69, 9.17) is 0 Å². The highest BCUT2D eigenvalue weighted by atomic mass is 16.3. The van der Waals surface area contributed by atoms with Crippen LogP contribution in [0.2, 0.25) is 0 Å². The third-order valence-electron chi connectivity index (χ3n) is 3.50. The second kappa shape index (κ2) is 6.24. The van der Waals surface area contributed by atoms with Crippen molar-refractivity contribution in [2.45, 2.75) is 52.4 Å². The predicted molar refractivity (Wildman–Crippen MR) is 65.1 cm³/mol. The largest absolute Gasteiger partial charge is 0.396 e. The van der Waals surface area contributed by atoms with Gasteiger partial charge in [-0.2, -0.15) is 0 Å². The van der Waals surface area contributed by atoms with Crippen molar-refractivity contribution in [2.75, 3.05) is 13.2 Å². The van der Waals surface area contributed by atoms with E-state index in [2.05, 4.69) is 5.32 Å². The molecule has 1 saturated carbocycles. The lowest BCUT2D eigenvalue weighted by atomic mass is 9.74. The fourth-order valence-electron chi connectivity index (χ4n) is 2.42. The maximum absolute atomic E-state index is 11.6. The Morgan fingerprint density at radius 1 is 1.31 bits per heavy atom. The van der Waals surface area contributed by atoms with Gasteiger partial charge < -0.3 is 10.4 Å². The van der Waals surface area contributed by atoms with E-state index < -0.39 is 0 Å². The van der Waals surface area contributed by atoms with E-state index in [-0.39, 0.29) is 17.9 Å². The van der Waals surface area contributed by atoms with Crippen LogP contribution in [0, 0.1) is 11.3 Å². The average molecular weight is 227 g/mol. The summed E-state index contributed by atoms with van der Waals surface area (Å²) in [7, 11) is 0. The molecule has 1 amide bonds. The van der Waals surface area contributed by atoms with Crippen LogP contribution in [0.5, 0.6) is 0 Å². The summed E-state index contributed by atoms with van der Waals surface area (Å²) in [6.07, 6.45) is 6.31. The zero-order chi connectivity index (χ0) is 12.0. The Bertz CT molecular complexity index is 220. The van der Waals surface area contributed by atoms with E-state index in [1.54, 1.807) is 0 Å². The highest BCUT2D eigenvalue weighted by Crippen LogP contribution is 2.35. The first-order chi connectivity index (χ1) is 7.58. The SMILES string of the molecule is CC(C)CC(=O)NCC1(CO)CCCCC1. The molecule has 16 heavy (non-hydrogen) atoms. The van der Waals surface area contributed by atoms with Crippen LogP contribution in [-0.4, -0.2) is 24.2 Å². The zero-order valence-corrected chi connectivity index (χ0v) is 10.6. The van der Waals surface area contributed by atoms with Crippen LogP contribution in [0.15, 0.2) is 0 Å². The normalized spacial score (nSPS) is 19.8. The van der Waals surface area contributed by atoms with Gasteiger partial charge in [0.05, 0.1) is 6.61 Å². The second-order valence-corrected chi connectivity index (χ2v) is 5.59. The smallest absolute Gasteiger partial charge is 0.220 e. The van der Waals surface area contributed by atoms with Gasteiger partial charge in [-0.3, -0.25) is 4.79 Å². The topological polar surface area (TPSA) is 49.3 Å². The van der Waals surface area contributed by atoms with Gasteiger partial charge in [0, 0.05) is 18.4 Å². The van der Waals surface area contributed by atoms with E-state index in [9.17, 15) is 9.90 Å². The molecule has 0 unspecified atom stereocenters. The number of carbonyl (C=O) groups excluding carboxylic acids is 1. The molecule has 0 heterocycles. The number of hydrogen-bond donors (Lipinski definition) is 2. The van der Waals surface area contributed by atoms with E-state index in [0.717, 1.165) is 12.8 Å². The summed E-state index contributed by atoms with van der Waals surface area (Å²) in [4.78, 5) is 11.6. The maximum Gasteiger partial charge on any atom is 0.220 e. The Morgan fingerprint density at radius 3 is 2.44 bits per heavy atom. The maximum atomic E-state index is 11.6. The zero-order valence-electron chi connectivity index (χ0n) is 10.6. The average Bonchev–Trinajstić information content (AvgIpc) is 2.27. The minimum atomic E-state index is -0.0368. The molecule has 0 atom stereocenters. The lowest BCUT2D eigenvalue weighted by Gasteiger charge is -2.35. The molecule has 3 nitrogen and oxygen atoms in total. The molecule has 0 aromatic heterocycles. The molecule has 0 bridgehead atoms. The van der Waals surface area contributed by atoms with E-state index in [0.29, 0.717) is 18.9 Å². The molecule has 94 valence electrons. The molecule has 1 aliphatic rings. The van der Waals surface area contributed by atoms with Gasteiger partial charge in [0.1, 0.15) is 0 Å². The first-order valence-corrected chi connectivity index (χ1v) is 6.45. The molecule has 1 fully saturated rings. The summed E-state index contributed by atoms with van der Waals surface area (Å²) < 4.78 is 0. The van der Waals surface area contributed by atoms with Crippen LogP contribution in [0.3, 0.4) is 0 Å². The third-order valence-corrected chi connectivity index (χ3v) is 3.50. The molecular weight excluding hydrogens is 202 g/mol. The van der Waals surface area contributed by atoms with Crippen molar-refractivity contribution >= 4 is 5.91 Å². The van der Waals surface area contributed by atoms with Gasteiger partial charge in [-0.15, -0.1) is 0 Å². The molecule has 3 heteroatoms. The quantitative estimate of drug-likeness (QED) is 0.755. The highest BCUT2D eigenvalue weighted by Gasteiger charge is 2.31. The third kappa shape index (κ3) is 4.12. The van der Waals surface area contributed by atoms with Crippen LogP contribution in [0.1, 0.15) is 52.4 Å². The summed E-state index contributed by atoms with van der Waals surface area (Å²) in [5.41, 5.74) is -0.0368. The Hall–Kier alpha value is -0.570. The summed E-state index contributed by atoms with van der Waals surface area (Å²) >= 11 is 0. The molecule has 0 aromatic carbocycles. The first kappa shape index (κ1) is 13.5. The molecule has 0 saturated heterocycles. The fraction of sp³-hybridized carbons (Fsp3) is 0.923. The summed E-state index contributed by atoms with van der Waals surface area (Å²) in [5, 5.41) is 12.5. The minimum absolute atomic E-state index is 0.0368. The highest BCUT2D eigenvalue weighted by molar-refractivity contribution is 5.76. The fourth-order valence-corrected chi connectivity index (χ4v) is 2.42. The Balaban J connectivity index is 2.35. The van der Waals surface area contributed by atoms with E-state index in [1.807, 2.05) is 13.8 Å². The Labute approximate surface area is 98.6 Å². The molecule has 1 aliphatic carbocycles. The number of carbonyl (C=O) groups is 1. The van der Waals surface area contributed by atoms with Crippen molar-refractivity contribution in [3.05, 3.63) is 0 Å². The molecular formula is C13H25NO2. The Kier molecular flexibility index (Phi) is 5.26. The molecule has 1 rings (SSSR count). The van der Waals surface area contributed by atoms with Gasteiger partial charge in [-0.1, -0.05) is 33.1 Å². The van der Waals surface area contributed by atoms with Crippen molar-refractivity contribution in [3.63, 3.8) is 0 Å². The molecule has 0 aliphatic heterocycles. The van der Waals surface area contributed by atoms with Crippen LogP contribution in [0.4, 0.5) is 0 Å². The van der Waals surface area contributed by atoms with Gasteiger partial charge in [0.2, 0.25) is 5.91 Å². The number of rotatable bonds is 5. The summed E-state index contributed by atoms with van der Waals surface area (Å²) in [6, 6.07) is 0. The van der Waals surface area contributed by atoms with E-state index in [1.165, 1.54) is 19.3 Å². The first-order valence-electron chi connectivity index (χ1n) is 6.45. The molecule has 0 radical (unpaired) electrons. The molecule has 0 spiro atoms.